The summed E-state index contributed by atoms with van der Waals surface area (Å²) in [5, 5.41) is 3.35. The van der Waals surface area contributed by atoms with Gasteiger partial charge in [0.2, 0.25) is 0 Å². The third kappa shape index (κ3) is 1.68. The van der Waals surface area contributed by atoms with Gasteiger partial charge in [0.05, 0.1) is 11.0 Å². The summed E-state index contributed by atoms with van der Waals surface area (Å²) in [5.74, 6) is 0. The van der Waals surface area contributed by atoms with E-state index < -0.39 is 0 Å². The van der Waals surface area contributed by atoms with Crippen LogP contribution < -0.4 is 11.0 Å². The van der Waals surface area contributed by atoms with Crippen molar-refractivity contribution in [3.05, 3.63) is 34.7 Å². The van der Waals surface area contributed by atoms with Crippen molar-refractivity contribution in [2.75, 3.05) is 13.1 Å². The van der Waals surface area contributed by atoms with E-state index >= 15 is 0 Å². The molecule has 2 heterocycles. The summed E-state index contributed by atoms with van der Waals surface area (Å²) in [6, 6.07) is 8.46. The Morgan fingerprint density at radius 3 is 2.56 bits per heavy atom. The van der Waals surface area contributed by atoms with Crippen LogP contribution in [0, 0.1) is 0 Å². The molecule has 1 aromatic carbocycles. The lowest BCUT2D eigenvalue weighted by atomic mass is 10.1. The van der Waals surface area contributed by atoms with Crippen LogP contribution in [0.4, 0.5) is 0 Å². The second kappa shape index (κ2) is 4.61. The van der Waals surface area contributed by atoms with Gasteiger partial charge in [0.25, 0.3) is 0 Å². The highest BCUT2D eigenvalue weighted by molar-refractivity contribution is 5.76. The zero-order valence-electron chi connectivity index (χ0n) is 10.7. The van der Waals surface area contributed by atoms with Gasteiger partial charge in [-0.25, -0.2) is 4.79 Å². The number of hydrogen-bond donors (Lipinski definition) is 1. The molecule has 0 bridgehead atoms. The van der Waals surface area contributed by atoms with Crippen molar-refractivity contribution in [2.45, 2.75) is 32.4 Å². The molecule has 1 aliphatic rings. The van der Waals surface area contributed by atoms with Crippen molar-refractivity contribution >= 4 is 11.0 Å². The van der Waals surface area contributed by atoms with Gasteiger partial charge >= 0.3 is 5.69 Å². The fourth-order valence-corrected chi connectivity index (χ4v) is 2.96. The smallest absolute Gasteiger partial charge is 0.317 e. The zero-order valence-corrected chi connectivity index (χ0v) is 10.7. The first kappa shape index (κ1) is 11.5. The van der Waals surface area contributed by atoms with E-state index in [4.69, 9.17) is 0 Å². The summed E-state index contributed by atoms with van der Waals surface area (Å²) in [6.07, 6.45) is 2.08. The fraction of sp³-hybridized carbons (Fsp3) is 0.500. The van der Waals surface area contributed by atoms with Crippen LogP contribution in [0.1, 0.15) is 25.8 Å². The molecule has 18 heavy (non-hydrogen) atoms. The molecule has 0 saturated carbocycles. The Morgan fingerprint density at radius 2 is 1.89 bits per heavy atom. The van der Waals surface area contributed by atoms with Crippen LogP contribution in [0.5, 0.6) is 0 Å². The van der Waals surface area contributed by atoms with Gasteiger partial charge in [0.1, 0.15) is 0 Å². The number of fused-ring (bicyclic) bond motifs is 1. The third-order valence-electron chi connectivity index (χ3n) is 3.86. The highest BCUT2D eigenvalue weighted by atomic mass is 16.1. The zero-order chi connectivity index (χ0) is 12.5. The topological polar surface area (TPSA) is 39.0 Å². The van der Waals surface area contributed by atoms with Crippen molar-refractivity contribution in [1.82, 2.24) is 14.5 Å². The minimum absolute atomic E-state index is 0.144. The number of hydrogen-bond acceptors (Lipinski definition) is 2. The average Bonchev–Trinajstić information content (AvgIpc) is 2.71. The monoisotopic (exact) mass is 245 g/mol. The van der Waals surface area contributed by atoms with Crippen molar-refractivity contribution in [1.29, 1.82) is 0 Å². The number of benzene rings is 1. The van der Waals surface area contributed by atoms with E-state index in [1.54, 1.807) is 0 Å². The van der Waals surface area contributed by atoms with Gasteiger partial charge in [-0.15, -0.1) is 0 Å². The van der Waals surface area contributed by atoms with E-state index in [0.29, 0.717) is 6.04 Å². The molecule has 0 unspecified atom stereocenters. The molecule has 1 N–H and O–H groups in total. The number of aryl methyl sites for hydroxylation is 1. The Morgan fingerprint density at radius 1 is 1.22 bits per heavy atom. The number of piperidine rings is 1. The fourth-order valence-electron chi connectivity index (χ4n) is 2.96. The van der Waals surface area contributed by atoms with Crippen LogP contribution in [0.2, 0.25) is 0 Å². The molecule has 0 spiro atoms. The van der Waals surface area contributed by atoms with Crippen LogP contribution in [-0.4, -0.2) is 22.2 Å². The van der Waals surface area contributed by atoms with Crippen LogP contribution in [0.25, 0.3) is 11.0 Å². The van der Waals surface area contributed by atoms with Crippen molar-refractivity contribution in [2.24, 2.45) is 0 Å². The molecule has 3 rings (SSSR count). The highest BCUT2D eigenvalue weighted by Gasteiger charge is 2.21. The predicted molar refractivity (Wildman–Crippen MR) is 73.0 cm³/mol. The minimum Gasteiger partial charge on any atom is -0.317 e. The largest absolute Gasteiger partial charge is 0.329 e. The first-order valence-electron chi connectivity index (χ1n) is 6.73. The van der Waals surface area contributed by atoms with Gasteiger partial charge in [-0.1, -0.05) is 12.1 Å². The van der Waals surface area contributed by atoms with Gasteiger partial charge < -0.3 is 5.32 Å². The van der Waals surface area contributed by atoms with E-state index in [9.17, 15) is 4.79 Å². The molecular formula is C14H19N3O. The summed E-state index contributed by atoms with van der Waals surface area (Å²) in [5.41, 5.74) is 2.28. The molecule has 1 saturated heterocycles. The standard InChI is InChI=1S/C14H19N3O/c1-2-16-12-5-3-4-6-13(12)17(14(16)18)11-7-9-15-10-8-11/h3-6,11,15H,2,7-10H2,1H3. The summed E-state index contributed by atoms with van der Waals surface area (Å²) < 4.78 is 3.87. The first-order valence-corrected chi connectivity index (χ1v) is 6.73. The van der Waals surface area contributed by atoms with Crippen molar-refractivity contribution in [3.63, 3.8) is 0 Å². The number of nitrogens with zero attached hydrogens (tertiary/aromatic N) is 2. The summed E-state index contributed by atoms with van der Waals surface area (Å²) in [4.78, 5) is 12.5. The Hall–Kier alpha value is -1.55. The van der Waals surface area contributed by atoms with Gasteiger partial charge in [0.15, 0.2) is 0 Å². The number of nitrogens with one attached hydrogen (secondary N) is 1. The summed E-state index contributed by atoms with van der Waals surface area (Å²) in [7, 11) is 0. The van der Waals surface area contributed by atoms with Gasteiger partial charge in [-0.3, -0.25) is 9.13 Å². The van der Waals surface area contributed by atoms with Crippen molar-refractivity contribution in [3.8, 4) is 0 Å². The molecular weight excluding hydrogens is 226 g/mol. The highest BCUT2D eigenvalue weighted by Crippen LogP contribution is 2.22. The number of rotatable bonds is 2. The Balaban J connectivity index is 2.21. The SMILES string of the molecule is CCn1c(=O)n(C2CCNCC2)c2ccccc21. The Bertz CT molecular complexity index is 605. The maximum Gasteiger partial charge on any atom is 0.329 e. The maximum atomic E-state index is 12.5. The quantitative estimate of drug-likeness (QED) is 0.875. The molecule has 1 fully saturated rings. The molecule has 0 amide bonds. The molecule has 4 heteroatoms. The van der Waals surface area contributed by atoms with Crippen LogP contribution in [-0.2, 0) is 6.54 Å². The molecule has 2 aromatic rings. The first-order chi connectivity index (χ1) is 8.83. The molecule has 0 atom stereocenters. The molecule has 0 aliphatic carbocycles. The Labute approximate surface area is 106 Å². The normalized spacial score (nSPS) is 17.4. The lowest BCUT2D eigenvalue weighted by molar-refractivity contribution is 0.365. The van der Waals surface area contributed by atoms with E-state index in [1.165, 1.54) is 0 Å². The van der Waals surface area contributed by atoms with E-state index in [2.05, 4.69) is 11.4 Å². The average molecular weight is 245 g/mol. The number of para-hydroxylation sites is 2. The van der Waals surface area contributed by atoms with Crippen LogP contribution >= 0.6 is 0 Å². The third-order valence-corrected chi connectivity index (χ3v) is 3.86. The lowest BCUT2D eigenvalue weighted by Gasteiger charge is -2.23. The predicted octanol–water partition coefficient (Wildman–Crippen LogP) is 1.75. The summed E-state index contributed by atoms with van der Waals surface area (Å²) in [6.45, 7) is 4.77. The molecule has 1 aliphatic heterocycles. The minimum atomic E-state index is 0.144. The van der Waals surface area contributed by atoms with Crippen LogP contribution in [0.15, 0.2) is 29.1 Å². The van der Waals surface area contributed by atoms with Crippen LogP contribution in [0.3, 0.4) is 0 Å². The molecule has 96 valence electrons. The molecule has 0 radical (unpaired) electrons. The number of imidazole rings is 1. The molecule has 1 aromatic heterocycles. The van der Waals surface area contributed by atoms with Gasteiger partial charge in [-0.2, -0.15) is 0 Å². The lowest BCUT2D eigenvalue weighted by Crippen LogP contribution is -2.34. The van der Waals surface area contributed by atoms with Gasteiger partial charge in [0, 0.05) is 12.6 Å². The number of aromatic nitrogens is 2. The second-order valence-corrected chi connectivity index (χ2v) is 4.87. The maximum absolute atomic E-state index is 12.5. The van der Waals surface area contributed by atoms with Crippen molar-refractivity contribution < 1.29 is 0 Å². The van der Waals surface area contributed by atoms with Gasteiger partial charge in [-0.05, 0) is 45.0 Å². The second-order valence-electron chi connectivity index (χ2n) is 4.87. The van der Waals surface area contributed by atoms with E-state index in [-0.39, 0.29) is 5.69 Å². The summed E-state index contributed by atoms with van der Waals surface area (Å²) >= 11 is 0. The van der Waals surface area contributed by atoms with E-state index in [1.807, 2.05) is 34.3 Å². The Kier molecular flexibility index (Phi) is 2.96. The van der Waals surface area contributed by atoms with E-state index in [0.717, 1.165) is 43.5 Å². The molecule has 4 nitrogen and oxygen atoms in total.